The highest BCUT2D eigenvalue weighted by atomic mass is 16.5. The molecule has 0 radical (unpaired) electrons. The maximum Gasteiger partial charge on any atom is 0.335 e. The van der Waals surface area contributed by atoms with Crippen LogP contribution in [0.5, 0.6) is 17.2 Å². The molecule has 3 aromatic rings. The third kappa shape index (κ3) is 4.95. The second kappa shape index (κ2) is 8.67. The Hall–Kier alpha value is -3.60. The lowest BCUT2D eigenvalue weighted by molar-refractivity contribution is 0.0697. The topological polar surface area (TPSA) is 68.1 Å². The molecule has 0 amide bonds. The number of carboxylic acids is 1. The summed E-state index contributed by atoms with van der Waals surface area (Å²) >= 11 is 0. The summed E-state index contributed by atoms with van der Waals surface area (Å²) in [5.41, 5.74) is 1.52. The van der Waals surface area contributed by atoms with E-state index in [1.807, 2.05) is 61.5 Å². The second-order valence-electron chi connectivity index (χ2n) is 5.66. The van der Waals surface area contributed by atoms with E-state index in [2.05, 4.69) is 4.99 Å². The molecule has 0 saturated heterocycles. The summed E-state index contributed by atoms with van der Waals surface area (Å²) in [4.78, 5) is 15.6. The van der Waals surface area contributed by atoms with Crippen LogP contribution in [0.2, 0.25) is 0 Å². The van der Waals surface area contributed by atoms with Gasteiger partial charge in [0.1, 0.15) is 17.2 Å². The van der Waals surface area contributed by atoms with E-state index in [4.69, 9.17) is 14.6 Å². The Balaban J connectivity index is 1.77. The van der Waals surface area contributed by atoms with Crippen molar-refractivity contribution in [2.75, 3.05) is 6.61 Å². The fourth-order valence-electron chi connectivity index (χ4n) is 2.44. The first-order valence-corrected chi connectivity index (χ1v) is 8.53. The SMILES string of the molecule is CCOc1ccc(C(=O)O)cc1C=Nc1ccc(Oc2ccccc2)cc1. The van der Waals surface area contributed by atoms with Crippen molar-refractivity contribution >= 4 is 17.9 Å². The van der Waals surface area contributed by atoms with Gasteiger partial charge >= 0.3 is 5.97 Å². The second-order valence-corrected chi connectivity index (χ2v) is 5.66. The van der Waals surface area contributed by atoms with Crippen LogP contribution in [0.1, 0.15) is 22.8 Å². The maximum absolute atomic E-state index is 11.2. The number of para-hydroxylation sites is 1. The van der Waals surface area contributed by atoms with Crippen molar-refractivity contribution in [2.24, 2.45) is 4.99 Å². The number of rotatable bonds is 7. The van der Waals surface area contributed by atoms with Gasteiger partial charge in [0.2, 0.25) is 0 Å². The molecular formula is C22H19NO4. The number of carboxylic acid groups (broad SMARTS) is 1. The zero-order chi connectivity index (χ0) is 19.1. The summed E-state index contributed by atoms with van der Waals surface area (Å²) < 4.78 is 11.3. The Bertz CT molecular complexity index is 934. The first kappa shape index (κ1) is 18.2. The quantitative estimate of drug-likeness (QED) is 0.578. The summed E-state index contributed by atoms with van der Waals surface area (Å²) in [6.45, 7) is 2.36. The number of aromatic carboxylic acids is 1. The molecule has 0 fully saturated rings. The number of nitrogens with zero attached hydrogens (tertiary/aromatic N) is 1. The van der Waals surface area contributed by atoms with Gasteiger partial charge < -0.3 is 14.6 Å². The van der Waals surface area contributed by atoms with Crippen LogP contribution in [0.4, 0.5) is 5.69 Å². The van der Waals surface area contributed by atoms with Crippen LogP contribution in [0.25, 0.3) is 0 Å². The lowest BCUT2D eigenvalue weighted by atomic mass is 10.1. The number of ether oxygens (including phenoxy) is 2. The average Bonchev–Trinajstić information content (AvgIpc) is 2.69. The smallest absolute Gasteiger partial charge is 0.335 e. The highest BCUT2D eigenvalue weighted by molar-refractivity contribution is 5.93. The zero-order valence-corrected chi connectivity index (χ0v) is 14.8. The van der Waals surface area contributed by atoms with E-state index in [9.17, 15) is 4.79 Å². The number of carbonyl (C=O) groups is 1. The monoisotopic (exact) mass is 361 g/mol. The van der Waals surface area contributed by atoms with Gasteiger partial charge in [0.15, 0.2) is 0 Å². The Morgan fingerprint density at radius 3 is 2.37 bits per heavy atom. The van der Waals surface area contributed by atoms with E-state index in [1.54, 1.807) is 18.3 Å². The van der Waals surface area contributed by atoms with Crippen LogP contribution in [-0.4, -0.2) is 23.9 Å². The van der Waals surface area contributed by atoms with Gasteiger partial charge in [-0.05, 0) is 61.5 Å². The highest BCUT2D eigenvalue weighted by Gasteiger charge is 2.08. The first-order valence-electron chi connectivity index (χ1n) is 8.53. The standard InChI is InChI=1S/C22H19NO4/c1-2-26-21-13-8-16(22(24)25)14-17(21)15-23-18-9-11-20(12-10-18)27-19-6-4-3-5-7-19/h3-15H,2H2,1H3,(H,24,25). The maximum atomic E-state index is 11.2. The molecule has 1 N–H and O–H groups in total. The van der Waals surface area contributed by atoms with Gasteiger partial charge in [0.05, 0.1) is 17.9 Å². The summed E-state index contributed by atoms with van der Waals surface area (Å²) in [6.07, 6.45) is 1.60. The molecule has 0 saturated carbocycles. The Morgan fingerprint density at radius 2 is 1.70 bits per heavy atom. The van der Waals surface area contributed by atoms with Gasteiger partial charge in [-0.2, -0.15) is 0 Å². The summed E-state index contributed by atoms with van der Waals surface area (Å²) in [5, 5.41) is 9.17. The number of aliphatic imine (C=N–C) groups is 1. The van der Waals surface area contributed by atoms with Crippen molar-refractivity contribution < 1.29 is 19.4 Å². The molecule has 0 aliphatic carbocycles. The van der Waals surface area contributed by atoms with E-state index in [0.29, 0.717) is 23.7 Å². The van der Waals surface area contributed by atoms with Crippen LogP contribution in [0.3, 0.4) is 0 Å². The van der Waals surface area contributed by atoms with Crippen LogP contribution < -0.4 is 9.47 Å². The molecular weight excluding hydrogens is 342 g/mol. The van der Waals surface area contributed by atoms with Gasteiger partial charge in [-0.15, -0.1) is 0 Å². The van der Waals surface area contributed by atoms with E-state index >= 15 is 0 Å². The number of benzene rings is 3. The van der Waals surface area contributed by atoms with E-state index in [-0.39, 0.29) is 5.56 Å². The highest BCUT2D eigenvalue weighted by Crippen LogP contribution is 2.24. The van der Waals surface area contributed by atoms with Crippen LogP contribution >= 0.6 is 0 Å². The minimum Gasteiger partial charge on any atom is -0.493 e. The molecule has 0 aliphatic heterocycles. The van der Waals surface area contributed by atoms with Crippen molar-refractivity contribution in [3.63, 3.8) is 0 Å². The summed E-state index contributed by atoms with van der Waals surface area (Å²) in [7, 11) is 0. The molecule has 3 rings (SSSR count). The fraction of sp³-hybridized carbons (Fsp3) is 0.0909. The Morgan fingerprint density at radius 1 is 1.00 bits per heavy atom. The third-order valence-electron chi connectivity index (χ3n) is 3.72. The molecule has 27 heavy (non-hydrogen) atoms. The molecule has 0 bridgehead atoms. The molecule has 136 valence electrons. The predicted molar refractivity (Wildman–Crippen MR) is 105 cm³/mol. The van der Waals surface area contributed by atoms with Crippen molar-refractivity contribution in [3.8, 4) is 17.2 Å². The van der Waals surface area contributed by atoms with E-state index in [1.165, 1.54) is 6.07 Å². The van der Waals surface area contributed by atoms with Gasteiger partial charge in [0.25, 0.3) is 0 Å². The summed E-state index contributed by atoms with van der Waals surface area (Å²) in [5.74, 6) is 1.08. The molecule has 0 unspecified atom stereocenters. The zero-order valence-electron chi connectivity index (χ0n) is 14.8. The molecule has 5 nitrogen and oxygen atoms in total. The summed E-state index contributed by atoms with van der Waals surface area (Å²) in [6, 6.07) is 21.5. The molecule has 0 aromatic heterocycles. The van der Waals surface area contributed by atoms with Crippen molar-refractivity contribution in [2.45, 2.75) is 6.92 Å². The largest absolute Gasteiger partial charge is 0.493 e. The van der Waals surface area contributed by atoms with Gasteiger partial charge in [-0.3, -0.25) is 4.99 Å². The molecule has 0 aliphatic rings. The molecule has 5 heteroatoms. The molecule has 0 heterocycles. The van der Waals surface area contributed by atoms with Gasteiger partial charge in [0, 0.05) is 11.8 Å². The molecule has 3 aromatic carbocycles. The van der Waals surface area contributed by atoms with Gasteiger partial charge in [-0.1, -0.05) is 18.2 Å². The predicted octanol–water partition coefficient (Wildman–Crippen LogP) is 5.33. The van der Waals surface area contributed by atoms with Crippen LogP contribution in [-0.2, 0) is 0 Å². The third-order valence-corrected chi connectivity index (χ3v) is 3.72. The van der Waals surface area contributed by atoms with E-state index in [0.717, 1.165) is 11.4 Å². The van der Waals surface area contributed by atoms with Crippen LogP contribution in [0.15, 0.2) is 77.8 Å². The van der Waals surface area contributed by atoms with Gasteiger partial charge in [-0.25, -0.2) is 4.79 Å². The Kier molecular flexibility index (Phi) is 5.84. The number of hydrogen-bond donors (Lipinski definition) is 1. The van der Waals surface area contributed by atoms with Crippen molar-refractivity contribution in [3.05, 3.63) is 83.9 Å². The average molecular weight is 361 g/mol. The lowest BCUT2D eigenvalue weighted by Gasteiger charge is -2.08. The molecule has 0 atom stereocenters. The normalized spacial score (nSPS) is 10.7. The fourth-order valence-corrected chi connectivity index (χ4v) is 2.44. The number of hydrogen-bond acceptors (Lipinski definition) is 4. The van der Waals surface area contributed by atoms with E-state index < -0.39 is 5.97 Å². The molecule has 0 spiro atoms. The lowest BCUT2D eigenvalue weighted by Crippen LogP contribution is -2.01. The van der Waals surface area contributed by atoms with Crippen molar-refractivity contribution in [1.29, 1.82) is 0 Å². The Labute approximate surface area is 157 Å². The minimum absolute atomic E-state index is 0.187. The van der Waals surface area contributed by atoms with Crippen LogP contribution in [0, 0.1) is 0 Å². The van der Waals surface area contributed by atoms with Crippen molar-refractivity contribution in [1.82, 2.24) is 0 Å². The first-order chi connectivity index (χ1) is 13.2. The minimum atomic E-state index is -0.991.